The average molecular weight is 344 g/mol. The number of hydrogen-bond acceptors (Lipinski definition) is 5. The fourth-order valence-electron chi connectivity index (χ4n) is 1.89. The number of nitrogens with one attached hydrogen (secondary N) is 1. The number of H-pyrrole nitrogens is 1. The zero-order chi connectivity index (χ0) is 16.1. The van der Waals surface area contributed by atoms with Crippen molar-refractivity contribution < 1.29 is 0 Å². The van der Waals surface area contributed by atoms with Crippen LogP contribution in [0.5, 0.6) is 0 Å². The van der Waals surface area contributed by atoms with Crippen LogP contribution in [0.3, 0.4) is 0 Å². The molecule has 0 bridgehead atoms. The Bertz CT molecular complexity index is 799. The Labute approximate surface area is 143 Å². The minimum atomic E-state index is 0.344. The third-order valence-corrected chi connectivity index (χ3v) is 4.35. The van der Waals surface area contributed by atoms with Crippen LogP contribution in [0, 0.1) is 0 Å². The average Bonchev–Trinajstić information content (AvgIpc) is 2.93. The second kappa shape index (κ2) is 7.30. The van der Waals surface area contributed by atoms with Crippen LogP contribution in [-0.4, -0.2) is 10.2 Å². The van der Waals surface area contributed by atoms with Gasteiger partial charge in [-0.15, -0.1) is 16.9 Å². The quantitative estimate of drug-likeness (QED) is 0.484. The zero-order valence-electron chi connectivity index (χ0n) is 12.1. The zero-order valence-corrected chi connectivity index (χ0v) is 13.7. The van der Waals surface area contributed by atoms with Gasteiger partial charge in [0, 0.05) is 15.7 Å². The number of azo groups is 1. The Kier molecular flexibility index (Phi) is 4.95. The molecule has 0 amide bonds. The van der Waals surface area contributed by atoms with Crippen LogP contribution in [-0.2, 0) is 5.75 Å². The Morgan fingerprint density at radius 2 is 1.78 bits per heavy atom. The first-order valence-electron chi connectivity index (χ1n) is 6.90. The van der Waals surface area contributed by atoms with E-state index in [0.717, 1.165) is 21.3 Å². The molecule has 3 aromatic rings. The normalized spacial score (nSPS) is 11.2. The molecule has 0 radical (unpaired) electrons. The molecular formula is C16H14ClN5S. The fraction of sp³-hybridized carbons (Fsp3) is 0.0625. The maximum atomic E-state index is 5.89. The van der Waals surface area contributed by atoms with Crippen LogP contribution < -0.4 is 5.73 Å². The van der Waals surface area contributed by atoms with Gasteiger partial charge in [-0.3, -0.25) is 5.10 Å². The lowest BCUT2D eigenvalue weighted by Gasteiger charge is -2.01. The molecule has 0 aliphatic rings. The highest BCUT2D eigenvalue weighted by molar-refractivity contribution is 7.98. The van der Waals surface area contributed by atoms with Crippen LogP contribution in [0.15, 0.2) is 69.7 Å². The van der Waals surface area contributed by atoms with Gasteiger partial charge in [0.25, 0.3) is 0 Å². The third kappa shape index (κ3) is 4.12. The van der Waals surface area contributed by atoms with Crippen LogP contribution in [0.4, 0.5) is 17.2 Å². The summed E-state index contributed by atoms with van der Waals surface area (Å²) in [5.74, 6) is 1.01. The number of thioether (sulfide) groups is 1. The fourth-order valence-corrected chi connectivity index (χ4v) is 2.86. The first-order chi connectivity index (χ1) is 11.2. The summed E-state index contributed by atoms with van der Waals surface area (Å²) in [6, 6.07) is 17.2. The highest BCUT2D eigenvalue weighted by Crippen LogP contribution is 2.32. The van der Waals surface area contributed by atoms with Crippen molar-refractivity contribution in [3.63, 3.8) is 0 Å². The van der Waals surface area contributed by atoms with E-state index in [0.29, 0.717) is 17.3 Å². The molecule has 1 heterocycles. The number of rotatable bonds is 5. The van der Waals surface area contributed by atoms with Gasteiger partial charge < -0.3 is 5.73 Å². The topological polar surface area (TPSA) is 79.4 Å². The predicted octanol–water partition coefficient (Wildman–Crippen LogP) is 5.35. The summed E-state index contributed by atoms with van der Waals surface area (Å²) in [4.78, 5) is 1.11. The van der Waals surface area contributed by atoms with Gasteiger partial charge in [0.1, 0.15) is 0 Å². The van der Waals surface area contributed by atoms with E-state index in [9.17, 15) is 0 Å². The summed E-state index contributed by atoms with van der Waals surface area (Å²) in [5.41, 5.74) is 8.05. The SMILES string of the molecule is Nc1n[nH]c(CSc2ccc(Cl)cc2)c1N=Nc1ccccc1. The molecule has 0 saturated heterocycles. The first kappa shape index (κ1) is 15.6. The number of benzene rings is 2. The van der Waals surface area contributed by atoms with Crippen molar-refractivity contribution in [2.75, 3.05) is 5.73 Å². The molecular weight excluding hydrogens is 330 g/mol. The highest BCUT2D eigenvalue weighted by Gasteiger charge is 2.11. The van der Waals surface area contributed by atoms with E-state index in [-0.39, 0.29) is 0 Å². The molecule has 0 saturated carbocycles. The Morgan fingerprint density at radius 3 is 2.52 bits per heavy atom. The molecule has 2 aromatic carbocycles. The summed E-state index contributed by atoms with van der Waals surface area (Å²) >= 11 is 7.53. The largest absolute Gasteiger partial charge is 0.380 e. The van der Waals surface area contributed by atoms with Crippen molar-refractivity contribution in [1.82, 2.24) is 10.2 Å². The van der Waals surface area contributed by atoms with Crippen molar-refractivity contribution >= 4 is 40.6 Å². The minimum absolute atomic E-state index is 0.344. The summed E-state index contributed by atoms with van der Waals surface area (Å²) in [5, 5.41) is 16.1. The standard InChI is InChI=1S/C16H14ClN5S/c17-11-6-8-13(9-7-11)23-10-14-15(16(18)22-20-14)21-19-12-4-2-1-3-5-12/h1-9H,10H2,(H3,18,20,22). The maximum absolute atomic E-state index is 5.89. The van der Waals surface area contributed by atoms with Crippen molar-refractivity contribution in [3.05, 3.63) is 65.3 Å². The molecule has 1 aromatic heterocycles. The number of nitrogens with zero attached hydrogens (tertiary/aromatic N) is 3. The lowest BCUT2D eigenvalue weighted by molar-refractivity contribution is 1.04. The Morgan fingerprint density at radius 1 is 1.04 bits per heavy atom. The van der Waals surface area contributed by atoms with Crippen LogP contribution in [0.2, 0.25) is 5.02 Å². The molecule has 0 aliphatic heterocycles. The number of halogens is 1. The Balaban J connectivity index is 1.73. The summed E-state index contributed by atoms with van der Waals surface area (Å²) < 4.78 is 0. The van der Waals surface area contributed by atoms with Crippen LogP contribution in [0.25, 0.3) is 0 Å². The van der Waals surface area contributed by atoms with Gasteiger partial charge in [-0.1, -0.05) is 29.8 Å². The van der Waals surface area contributed by atoms with Gasteiger partial charge in [0.2, 0.25) is 0 Å². The third-order valence-electron chi connectivity index (χ3n) is 3.06. The van der Waals surface area contributed by atoms with Gasteiger partial charge in [0.05, 0.1) is 11.4 Å². The van der Waals surface area contributed by atoms with E-state index in [1.807, 2.05) is 54.6 Å². The monoisotopic (exact) mass is 343 g/mol. The number of nitrogens with two attached hydrogens (primary N) is 1. The second-order valence-corrected chi connectivity index (χ2v) is 6.20. The van der Waals surface area contributed by atoms with Gasteiger partial charge in [0.15, 0.2) is 11.5 Å². The summed E-state index contributed by atoms with van der Waals surface area (Å²) in [6.45, 7) is 0. The maximum Gasteiger partial charge on any atom is 0.173 e. The highest BCUT2D eigenvalue weighted by atomic mass is 35.5. The molecule has 0 atom stereocenters. The second-order valence-electron chi connectivity index (χ2n) is 4.71. The molecule has 0 aliphatic carbocycles. The lowest BCUT2D eigenvalue weighted by Crippen LogP contribution is -1.83. The van der Waals surface area contributed by atoms with E-state index in [4.69, 9.17) is 17.3 Å². The van der Waals surface area contributed by atoms with Crippen LogP contribution >= 0.6 is 23.4 Å². The van der Waals surface area contributed by atoms with Gasteiger partial charge in [-0.2, -0.15) is 10.2 Å². The van der Waals surface area contributed by atoms with E-state index in [1.54, 1.807) is 11.8 Å². The van der Waals surface area contributed by atoms with E-state index in [1.165, 1.54) is 0 Å². The lowest BCUT2D eigenvalue weighted by atomic mass is 10.3. The van der Waals surface area contributed by atoms with Crippen molar-refractivity contribution in [1.29, 1.82) is 0 Å². The van der Waals surface area contributed by atoms with Crippen molar-refractivity contribution in [3.8, 4) is 0 Å². The molecule has 5 nitrogen and oxygen atoms in total. The summed E-state index contributed by atoms with van der Waals surface area (Å²) in [6.07, 6.45) is 0. The molecule has 3 rings (SSSR count). The predicted molar refractivity (Wildman–Crippen MR) is 94.6 cm³/mol. The van der Waals surface area contributed by atoms with Gasteiger partial charge >= 0.3 is 0 Å². The van der Waals surface area contributed by atoms with Gasteiger partial charge in [-0.25, -0.2) is 0 Å². The molecule has 116 valence electrons. The molecule has 0 fully saturated rings. The van der Waals surface area contributed by atoms with Crippen LogP contribution in [0.1, 0.15) is 5.69 Å². The molecule has 7 heteroatoms. The molecule has 3 N–H and O–H groups in total. The molecule has 23 heavy (non-hydrogen) atoms. The number of aromatic nitrogens is 2. The van der Waals surface area contributed by atoms with E-state index >= 15 is 0 Å². The van der Waals surface area contributed by atoms with Gasteiger partial charge in [-0.05, 0) is 36.4 Å². The van der Waals surface area contributed by atoms with E-state index in [2.05, 4.69) is 20.4 Å². The van der Waals surface area contributed by atoms with Crippen molar-refractivity contribution in [2.24, 2.45) is 10.2 Å². The number of hydrogen-bond donors (Lipinski definition) is 2. The summed E-state index contributed by atoms with van der Waals surface area (Å²) in [7, 11) is 0. The van der Waals surface area contributed by atoms with Crippen molar-refractivity contribution in [2.45, 2.75) is 10.6 Å². The number of nitrogen functional groups attached to an aromatic ring is 1. The number of aromatic amines is 1. The smallest absolute Gasteiger partial charge is 0.173 e. The Hall–Kier alpha value is -2.31. The number of anilines is 1. The minimum Gasteiger partial charge on any atom is -0.380 e. The molecule has 0 spiro atoms. The first-order valence-corrected chi connectivity index (χ1v) is 8.26. The molecule has 0 unspecified atom stereocenters. The van der Waals surface area contributed by atoms with E-state index < -0.39 is 0 Å².